The first-order valence-corrected chi connectivity index (χ1v) is 4.41. The minimum Gasteiger partial charge on any atom is -0.366 e. The van der Waals surface area contributed by atoms with Crippen LogP contribution in [0.4, 0.5) is 4.39 Å². The number of rotatable bonds is 2. The Hall–Kier alpha value is -0.900. The van der Waals surface area contributed by atoms with E-state index in [4.69, 9.17) is 5.73 Å². The van der Waals surface area contributed by atoms with Crippen molar-refractivity contribution in [2.45, 2.75) is 5.33 Å². The SMILES string of the molecule is NC(=O)c1ccc(F)c(CBr)c1. The Morgan fingerprint density at radius 3 is 2.75 bits per heavy atom. The molecule has 0 saturated carbocycles. The van der Waals surface area contributed by atoms with Crippen LogP contribution >= 0.6 is 15.9 Å². The zero-order valence-electron chi connectivity index (χ0n) is 6.18. The van der Waals surface area contributed by atoms with Crippen LogP contribution in [0.3, 0.4) is 0 Å². The summed E-state index contributed by atoms with van der Waals surface area (Å²) in [6.45, 7) is 0. The van der Waals surface area contributed by atoms with E-state index in [9.17, 15) is 9.18 Å². The predicted molar refractivity (Wildman–Crippen MR) is 47.5 cm³/mol. The average Bonchev–Trinajstić information content (AvgIpc) is 2.05. The minimum atomic E-state index is -0.544. The molecule has 2 N–H and O–H groups in total. The van der Waals surface area contributed by atoms with Gasteiger partial charge in [-0.1, -0.05) is 15.9 Å². The quantitative estimate of drug-likeness (QED) is 0.776. The van der Waals surface area contributed by atoms with Gasteiger partial charge in [0.1, 0.15) is 5.82 Å². The maximum absolute atomic E-state index is 12.9. The summed E-state index contributed by atoms with van der Waals surface area (Å²) >= 11 is 3.10. The van der Waals surface area contributed by atoms with Crippen LogP contribution in [0.1, 0.15) is 15.9 Å². The smallest absolute Gasteiger partial charge is 0.248 e. The number of carbonyl (C=O) groups excluding carboxylic acids is 1. The highest BCUT2D eigenvalue weighted by molar-refractivity contribution is 9.08. The fraction of sp³-hybridized carbons (Fsp3) is 0.125. The summed E-state index contributed by atoms with van der Waals surface area (Å²) in [4.78, 5) is 10.7. The van der Waals surface area contributed by atoms with Crippen molar-refractivity contribution in [2.24, 2.45) is 5.73 Å². The average molecular weight is 232 g/mol. The molecule has 2 nitrogen and oxygen atoms in total. The maximum Gasteiger partial charge on any atom is 0.248 e. The third kappa shape index (κ3) is 1.82. The Bertz CT molecular complexity index is 314. The lowest BCUT2D eigenvalue weighted by Gasteiger charge is -2.00. The van der Waals surface area contributed by atoms with Gasteiger partial charge in [0.25, 0.3) is 0 Å². The molecular formula is C8H7BrFNO. The third-order valence-corrected chi connectivity index (χ3v) is 2.08. The van der Waals surface area contributed by atoms with Gasteiger partial charge in [0.15, 0.2) is 0 Å². The molecule has 64 valence electrons. The molecule has 0 radical (unpaired) electrons. The van der Waals surface area contributed by atoms with Gasteiger partial charge in [-0.05, 0) is 23.8 Å². The van der Waals surface area contributed by atoms with Crippen molar-refractivity contribution in [3.63, 3.8) is 0 Å². The Kier molecular flexibility index (Phi) is 2.81. The maximum atomic E-state index is 12.9. The highest BCUT2D eigenvalue weighted by Crippen LogP contribution is 2.13. The molecule has 1 aromatic rings. The molecule has 0 unspecified atom stereocenters. The standard InChI is InChI=1S/C8H7BrFNO/c9-4-6-3-5(8(11)12)1-2-7(6)10/h1-3H,4H2,(H2,11,12). The van der Waals surface area contributed by atoms with Gasteiger partial charge in [-0.15, -0.1) is 0 Å². The molecule has 0 heterocycles. The molecule has 1 aromatic carbocycles. The molecule has 0 aliphatic heterocycles. The molecule has 12 heavy (non-hydrogen) atoms. The number of amides is 1. The van der Waals surface area contributed by atoms with E-state index >= 15 is 0 Å². The molecule has 0 bridgehead atoms. The van der Waals surface area contributed by atoms with E-state index in [1.807, 2.05) is 0 Å². The Morgan fingerprint density at radius 2 is 2.25 bits per heavy atom. The first-order valence-electron chi connectivity index (χ1n) is 3.29. The van der Waals surface area contributed by atoms with Gasteiger partial charge in [0, 0.05) is 10.9 Å². The van der Waals surface area contributed by atoms with E-state index in [0.717, 1.165) is 0 Å². The van der Waals surface area contributed by atoms with Crippen LogP contribution in [0.5, 0.6) is 0 Å². The fourth-order valence-corrected chi connectivity index (χ4v) is 1.26. The van der Waals surface area contributed by atoms with Gasteiger partial charge in [-0.2, -0.15) is 0 Å². The summed E-state index contributed by atoms with van der Waals surface area (Å²) in [5.41, 5.74) is 5.77. The van der Waals surface area contributed by atoms with Crippen LogP contribution in [0.25, 0.3) is 0 Å². The van der Waals surface area contributed by atoms with E-state index in [2.05, 4.69) is 15.9 Å². The second kappa shape index (κ2) is 3.67. The van der Waals surface area contributed by atoms with Gasteiger partial charge in [0.2, 0.25) is 5.91 Å². The topological polar surface area (TPSA) is 43.1 Å². The van der Waals surface area contributed by atoms with Crippen molar-refractivity contribution in [1.82, 2.24) is 0 Å². The lowest BCUT2D eigenvalue weighted by molar-refractivity contribution is 0.1000. The van der Waals surface area contributed by atoms with Gasteiger partial charge in [-0.25, -0.2) is 4.39 Å². The van der Waals surface area contributed by atoms with Crippen LogP contribution in [0, 0.1) is 5.82 Å². The summed E-state index contributed by atoms with van der Waals surface area (Å²) in [6.07, 6.45) is 0. The molecule has 4 heteroatoms. The number of nitrogens with two attached hydrogens (primary N) is 1. The molecule has 0 aromatic heterocycles. The van der Waals surface area contributed by atoms with Crippen LogP contribution in [0.15, 0.2) is 18.2 Å². The fourth-order valence-electron chi connectivity index (χ4n) is 0.830. The zero-order chi connectivity index (χ0) is 9.14. The first-order chi connectivity index (χ1) is 5.65. The lowest BCUT2D eigenvalue weighted by Crippen LogP contribution is -2.11. The van der Waals surface area contributed by atoms with Gasteiger partial charge >= 0.3 is 0 Å². The minimum absolute atomic E-state index is 0.325. The molecule has 1 rings (SSSR count). The number of halogens is 2. The van der Waals surface area contributed by atoms with E-state index in [0.29, 0.717) is 16.5 Å². The van der Waals surface area contributed by atoms with Crippen LogP contribution in [-0.2, 0) is 5.33 Å². The van der Waals surface area contributed by atoms with Gasteiger partial charge in [0.05, 0.1) is 0 Å². The highest BCUT2D eigenvalue weighted by Gasteiger charge is 2.05. The number of carbonyl (C=O) groups is 1. The van der Waals surface area contributed by atoms with Gasteiger partial charge in [-0.3, -0.25) is 4.79 Å². The molecule has 0 fully saturated rings. The molecule has 0 aliphatic carbocycles. The highest BCUT2D eigenvalue weighted by atomic mass is 79.9. The summed E-state index contributed by atoms with van der Waals surface area (Å²) < 4.78 is 12.9. The van der Waals surface area contributed by atoms with E-state index in [1.165, 1.54) is 18.2 Å². The largest absolute Gasteiger partial charge is 0.366 e. The van der Waals surface area contributed by atoms with Crippen molar-refractivity contribution < 1.29 is 9.18 Å². The van der Waals surface area contributed by atoms with Crippen LogP contribution in [0.2, 0.25) is 0 Å². The lowest BCUT2D eigenvalue weighted by atomic mass is 10.1. The zero-order valence-corrected chi connectivity index (χ0v) is 7.77. The Morgan fingerprint density at radius 1 is 1.58 bits per heavy atom. The monoisotopic (exact) mass is 231 g/mol. The molecule has 0 atom stereocenters. The Balaban J connectivity index is 3.13. The first kappa shape index (κ1) is 9.19. The molecule has 0 aliphatic rings. The van der Waals surface area contributed by atoms with E-state index in [1.54, 1.807) is 0 Å². The van der Waals surface area contributed by atoms with Crippen molar-refractivity contribution in [3.8, 4) is 0 Å². The molecule has 0 saturated heterocycles. The number of hydrogen-bond donors (Lipinski definition) is 1. The normalized spacial score (nSPS) is 9.83. The van der Waals surface area contributed by atoms with Gasteiger partial charge < -0.3 is 5.73 Å². The molecular weight excluding hydrogens is 225 g/mol. The third-order valence-electron chi connectivity index (χ3n) is 1.47. The summed E-state index contributed by atoms with van der Waals surface area (Å²) in [6, 6.07) is 4.03. The van der Waals surface area contributed by atoms with E-state index < -0.39 is 5.91 Å². The number of alkyl halides is 1. The summed E-state index contributed by atoms with van der Waals surface area (Å²) in [5.74, 6) is -0.880. The van der Waals surface area contributed by atoms with Crippen molar-refractivity contribution in [3.05, 3.63) is 35.1 Å². The summed E-state index contributed by atoms with van der Waals surface area (Å²) in [5, 5.41) is 0.375. The van der Waals surface area contributed by atoms with Crippen LogP contribution < -0.4 is 5.73 Å². The second-order valence-corrected chi connectivity index (χ2v) is 2.86. The van der Waals surface area contributed by atoms with Crippen LogP contribution in [-0.4, -0.2) is 5.91 Å². The van der Waals surface area contributed by atoms with Crippen molar-refractivity contribution in [1.29, 1.82) is 0 Å². The predicted octanol–water partition coefficient (Wildman–Crippen LogP) is 1.82. The number of benzene rings is 1. The van der Waals surface area contributed by atoms with Crippen molar-refractivity contribution in [2.75, 3.05) is 0 Å². The molecule has 0 spiro atoms. The number of primary amides is 1. The Labute approximate surface area is 77.7 Å². The van der Waals surface area contributed by atoms with Crippen molar-refractivity contribution >= 4 is 21.8 Å². The summed E-state index contributed by atoms with van der Waals surface area (Å²) in [7, 11) is 0. The van der Waals surface area contributed by atoms with E-state index in [-0.39, 0.29) is 5.82 Å². The molecule has 1 amide bonds. The second-order valence-electron chi connectivity index (χ2n) is 2.30. The number of hydrogen-bond acceptors (Lipinski definition) is 1.